The summed E-state index contributed by atoms with van der Waals surface area (Å²) in [6.45, 7) is 5.48. The molecule has 3 N–H and O–H groups in total. The number of nitrogens with two attached hydrogens (primary N) is 1. The van der Waals surface area contributed by atoms with Gasteiger partial charge in [0.2, 0.25) is 6.79 Å². The number of rotatable bonds is 4. The van der Waals surface area contributed by atoms with E-state index in [1.807, 2.05) is 31.2 Å². The van der Waals surface area contributed by atoms with Crippen molar-refractivity contribution in [1.29, 1.82) is 0 Å². The summed E-state index contributed by atoms with van der Waals surface area (Å²) < 4.78 is 10.7. The smallest absolute Gasteiger partial charge is 0.231 e. The van der Waals surface area contributed by atoms with E-state index in [-0.39, 0.29) is 0 Å². The Bertz CT molecular complexity index is 671. The first-order valence-electron chi connectivity index (χ1n) is 6.97. The highest BCUT2D eigenvalue weighted by molar-refractivity contribution is 5.51. The number of aryl methyl sites for hydroxylation is 2. The highest BCUT2D eigenvalue weighted by Crippen LogP contribution is 2.32. The molecule has 1 aliphatic heterocycles. The van der Waals surface area contributed by atoms with Crippen molar-refractivity contribution in [2.45, 2.75) is 26.9 Å². The number of pyridine rings is 1. The Labute approximate surface area is 124 Å². The summed E-state index contributed by atoms with van der Waals surface area (Å²) >= 11 is 0. The third-order valence-corrected chi connectivity index (χ3v) is 3.58. The van der Waals surface area contributed by atoms with Gasteiger partial charge in [0, 0.05) is 24.3 Å². The fourth-order valence-electron chi connectivity index (χ4n) is 2.50. The third-order valence-electron chi connectivity index (χ3n) is 3.58. The molecule has 5 nitrogen and oxygen atoms in total. The van der Waals surface area contributed by atoms with Crippen molar-refractivity contribution < 1.29 is 9.47 Å². The molecular weight excluding hydrogens is 266 g/mol. The second kappa shape index (κ2) is 5.61. The van der Waals surface area contributed by atoms with Crippen LogP contribution in [-0.4, -0.2) is 11.8 Å². The molecule has 0 fully saturated rings. The van der Waals surface area contributed by atoms with E-state index in [1.54, 1.807) is 0 Å². The first-order chi connectivity index (χ1) is 10.2. The van der Waals surface area contributed by atoms with E-state index in [0.717, 1.165) is 39.7 Å². The Kier molecular flexibility index (Phi) is 3.66. The van der Waals surface area contributed by atoms with Gasteiger partial charge in [0.1, 0.15) is 5.82 Å². The average molecular weight is 285 g/mol. The zero-order chi connectivity index (χ0) is 14.8. The zero-order valence-corrected chi connectivity index (χ0v) is 12.3. The van der Waals surface area contributed by atoms with Crippen molar-refractivity contribution in [1.82, 2.24) is 4.98 Å². The fraction of sp³-hybridized carbons (Fsp3) is 0.312. The summed E-state index contributed by atoms with van der Waals surface area (Å²) in [7, 11) is 0. The minimum atomic E-state index is 0.294. The van der Waals surface area contributed by atoms with Gasteiger partial charge in [0.15, 0.2) is 11.5 Å². The summed E-state index contributed by atoms with van der Waals surface area (Å²) in [5.74, 6) is 2.44. The van der Waals surface area contributed by atoms with Crippen LogP contribution in [0.3, 0.4) is 0 Å². The quantitative estimate of drug-likeness (QED) is 0.903. The molecular formula is C16H19N3O2. The molecule has 110 valence electrons. The highest BCUT2D eigenvalue weighted by atomic mass is 16.7. The standard InChI is InChI=1S/C16H19N3O2/c1-10-5-11(2)19-16(13(10)7-17)18-8-12-3-4-14-15(6-12)21-9-20-14/h3-6H,7-9,17H2,1-2H3,(H,18,19). The number of nitrogens with zero attached hydrogens (tertiary/aromatic N) is 1. The van der Waals surface area contributed by atoms with Gasteiger partial charge in [-0.15, -0.1) is 0 Å². The summed E-state index contributed by atoms with van der Waals surface area (Å²) in [4.78, 5) is 4.55. The fourth-order valence-corrected chi connectivity index (χ4v) is 2.50. The lowest BCUT2D eigenvalue weighted by Crippen LogP contribution is -2.10. The minimum absolute atomic E-state index is 0.294. The Morgan fingerprint density at radius 1 is 1.19 bits per heavy atom. The molecule has 2 heterocycles. The molecule has 0 bridgehead atoms. The summed E-state index contributed by atoms with van der Waals surface area (Å²) in [6, 6.07) is 7.98. The van der Waals surface area contributed by atoms with Gasteiger partial charge in [0.05, 0.1) is 0 Å². The lowest BCUT2D eigenvalue weighted by Gasteiger charge is -2.13. The maximum Gasteiger partial charge on any atom is 0.231 e. The van der Waals surface area contributed by atoms with E-state index in [2.05, 4.69) is 17.2 Å². The second-order valence-electron chi connectivity index (χ2n) is 5.15. The van der Waals surface area contributed by atoms with E-state index in [9.17, 15) is 0 Å². The maximum atomic E-state index is 5.83. The first kappa shape index (κ1) is 13.7. The van der Waals surface area contributed by atoms with Crippen LogP contribution in [0.2, 0.25) is 0 Å². The van der Waals surface area contributed by atoms with E-state index in [0.29, 0.717) is 19.9 Å². The van der Waals surface area contributed by atoms with Crippen molar-refractivity contribution in [3.05, 3.63) is 46.6 Å². The topological polar surface area (TPSA) is 69.4 Å². The van der Waals surface area contributed by atoms with Crippen LogP contribution >= 0.6 is 0 Å². The SMILES string of the molecule is Cc1cc(C)c(CN)c(NCc2ccc3c(c2)OCO3)n1. The molecule has 0 aliphatic carbocycles. The Hall–Kier alpha value is -2.27. The molecule has 0 radical (unpaired) electrons. The van der Waals surface area contributed by atoms with Crippen LogP contribution in [0, 0.1) is 13.8 Å². The van der Waals surface area contributed by atoms with E-state index < -0.39 is 0 Å². The number of anilines is 1. The zero-order valence-electron chi connectivity index (χ0n) is 12.3. The molecule has 21 heavy (non-hydrogen) atoms. The number of fused-ring (bicyclic) bond motifs is 1. The van der Waals surface area contributed by atoms with E-state index in [1.165, 1.54) is 0 Å². The molecule has 0 saturated carbocycles. The molecule has 2 aromatic rings. The Balaban J connectivity index is 1.79. The Morgan fingerprint density at radius 2 is 2.00 bits per heavy atom. The van der Waals surface area contributed by atoms with Gasteiger partial charge in [-0.05, 0) is 43.2 Å². The van der Waals surface area contributed by atoms with Gasteiger partial charge in [-0.3, -0.25) is 0 Å². The van der Waals surface area contributed by atoms with Crippen molar-refractivity contribution >= 4 is 5.82 Å². The largest absolute Gasteiger partial charge is 0.454 e. The molecule has 0 saturated heterocycles. The van der Waals surface area contributed by atoms with Crippen LogP contribution < -0.4 is 20.5 Å². The lowest BCUT2D eigenvalue weighted by atomic mass is 10.1. The van der Waals surface area contributed by atoms with Crippen molar-refractivity contribution in [3.63, 3.8) is 0 Å². The lowest BCUT2D eigenvalue weighted by molar-refractivity contribution is 0.174. The maximum absolute atomic E-state index is 5.83. The van der Waals surface area contributed by atoms with Crippen molar-refractivity contribution in [3.8, 4) is 11.5 Å². The molecule has 0 atom stereocenters. The molecule has 1 aromatic carbocycles. The summed E-state index contributed by atoms with van der Waals surface area (Å²) in [6.07, 6.45) is 0. The van der Waals surface area contributed by atoms with Crippen LogP contribution in [-0.2, 0) is 13.1 Å². The number of hydrogen-bond acceptors (Lipinski definition) is 5. The monoisotopic (exact) mass is 285 g/mol. The van der Waals surface area contributed by atoms with Crippen LogP contribution in [0.15, 0.2) is 24.3 Å². The van der Waals surface area contributed by atoms with E-state index >= 15 is 0 Å². The van der Waals surface area contributed by atoms with Gasteiger partial charge in [0.25, 0.3) is 0 Å². The predicted octanol–water partition coefficient (Wildman–Crippen LogP) is 2.50. The normalized spacial score (nSPS) is 12.5. The van der Waals surface area contributed by atoms with Gasteiger partial charge in [-0.2, -0.15) is 0 Å². The number of ether oxygens (including phenoxy) is 2. The molecule has 1 aliphatic rings. The first-order valence-corrected chi connectivity index (χ1v) is 6.97. The van der Waals surface area contributed by atoms with Crippen LogP contribution in [0.5, 0.6) is 11.5 Å². The van der Waals surface area contributed by atoms with Gasteiger partial charge in [-0.25, -0.2) is 4.98 Å². The Morgan fingerprint density at radius 3 is 2.81 bits per heavy atom. The van der Waals surface area contributed by atoms with Crippen molar-refractivity contribution in [2.75, 3.05) is 12.1 Å². The van der Waals surface area contributed by atoms with Crippen LogP contribution in [0.4, 0.5) is 5.82 Å². The molecule has 0 unspecified atom stereocenters. The number of hydrogen-bond donors (Lipinski definition) is 2. The summed E-state index contributed by atoms with van der Waals surface area (Å²) in [5, 5.41) is 3.37. The average Bonchev–Trinajstić information content (AvgIpc) is 2.92. The van der Waals surface area contributed by atoms with Gasteiger partial charge < -0.3 is 20.5 Å². The third kappa shape index (κ3) is 2.78. The van der Waals surface area contributed by atoms with Crippen molar-refractivity contribution in [2.24, 2.45) is 5.73 Å². The molecule has 5 heteroatoms. The molecule has 1 aromatic heterocycles. The van der Waals surface area contributed by atoms with E-state index in [4.69, 9.17) is 15.2 Å². The molecule has 3 rings (SSSR count). The molecule has 0 spiro atoms. The minimum Gasteiger partial charge on any atom is -0.454 e. The van der Waals surface area contributed by atoms with Gasteiger partial charge >= 0.3 is 0 Å². The summed E-state index contributed by atoms with van der Waals surface area (Å²) in [5.41, 5.74) is 10.1. The molecule has 0 amide bonds. The predicted molar refractivity (Wildman–Crippen MR) is 81.5 cm³/mol. The van der Waals surface area contributed by atoms with Crippen LogP contribution in [0.25, 0.3) is 0 Å². The highest BCUT2D eigenvalue weighted by Gasteiger charge is 2.13. The number of nitrogens with one attached hydrogen (secondary N) is 1. The number of aromatic nitrogens is 1. The van der Waals surface area contributed by atoms with Crippen LogP contribution in [0.1, 0.15) is 22.4 Å². The van der Waals surface area contributed by atoms with Gasteiger partial charge in [-0.1, -0.05) is 6.07 Å². The second-order valence-corrected chi connectivity index (χ2v) is 5.15. The number of benzene rings is 1.